The molecule has 0 saturated heterocycles. The van der Waals surface area contributed by atoms with Gasteiger partial charge in [-0.1, -0.05) is 19.1 Å². The second-order valence-electron chi connectivity index (χ2n) is 5.61. The topological polar surface area (TPSA) is 92.5 Å². The van der Waals surface area contributed by atoms with E-state index in [9.17, 15) is 14.4 Å². The van der Waals surface area contributed by atoms with Crippen LogP contribution < -0.4 is 0 Å². The number of aromatic carboxylic acids is 1. The van der Waals surface area contributed by atoms with Crippen molar-refractivity contribution in [1.29, 1.82) is 0 Å². The molecular formula is C17H17N3O4. The van der Waals surface area contributed by atoms with Crippen molar-refractivity contribution in [2.75, 3.05) is 6.54 Å². The fraction of sp³-hybridized carbons (Fsp3) is 0.294. The van der Waals surface area contributed by atoms with Crippen LogP contribution in [0.4, 0.5) is 0 Å². The van der Waals surface area contributed by atoms with E-state index in [1.54, 1.807) is 28.9 Å². The number of fused-ring (bicyclic) bond motifs is 1. The zero-order chi connectivity index (χ0) is 17.3. The summed E-state index contributed by atoms with van der Waals surface area (Å²) in [6, 6.07) is 8.22. The highest BCUT2D eigenvalue weighted by Crippen LogP contribution is 2.22. The number of carbonyl (C=O) groups excluding carboxylic acids is 2. The SMILES string of the molecule is CCCn1nc(C(=O)O)cc1CCN1C(=O)c2ccccc2C1=O. The van der Waals surface area contributed by atoms with Crippen LogP contribution in [0.15, 0.2) is 30.3 Å². The fourth-order valence-corrected chi connectivity index (χ4v) is 2.84. The maximum absolute atomic E-state index is 12.3. The first kappa shape index (κ1) is 15.9. The summed E-state index contributed by atoms with van der Waals surface area (Å²) >= 11 is 0. The number of aromatic nitrogens is 2. The lowest BCUT2D eigenvalue weighted by molar-refractivity contribution is 0.0651. The smallest absolute Gasteiger partial charge is 0.356 e. The molecule has 0 bridgehead atoms. The normalized spacial score (nSPS) is 13.5. The molecule has 1 aliphatic heterocycles. The van der Waals surface area contributed by atoms with Crippen LogP contribution in [0.2, 0.25) is 0 Å². The number of carboxylic acid groups (broad SMARTS) is 1. The molecule has 0 saturated carbocycles. The molecule has 7 heteroatoms. The van der Waals surface area contributed by atoms with Gasteiger partial charge in [-0.3, -0.25) is 19.2 Å². The van der Waals surface area contributed by atoms with Crippen LogP contribution in [0.3, 0.4) is 0 Å². The summed E-state index contributed by atoms with van der Waals surface area (Å²) in [5.74, 6) is -1.71. The van der Waals surface area contributed by atoms with E-state index in [2.05, 4.69) is 5.10 Å². The summed E-state index contributed by atoms with van der Waals surface area (Å²) < 4.78 is 1.63. The average Bonchev–Trinajstić information content (AvgIpc) is 3.07. The van der Waals surface area contributed by atoms with Crippen LogP contribution in [0.5, 0.6) is 0 Å². The first-order valence-electron chi connectivity index (χ1n) is 7.78. The monoisotopic (exact) mass is 327 g/mol. The third kappa shape index (κ3) is 2.68. The third-order valence-electron chi connectivity index (χ3n) is 3.99. The molecule has 2 heterocycles. The molecule has 0 fully saturated rings. The zero-order valence-corrected chi connectivity index (χ0v) is 13.2. The zero-order valence-electron chi connectivity index (χ0n) is 13.2. The van der Waals surface area contributed by atoms with Gasteiger partial charge >= 0.3 is 5.97 Å². The predicted molar refractivity (Wildman–Crippen MR) is 85.0 cm³/mol. The van der Waals surface area contributed by atoms with E-state index in [1.165, 1.54) is 11.0 Å². The van der Waals surface area contributed by atoms with Crippen LogP contribution in [0.1, 0.15) is 50.2 Å². The minimum atomic E-state index is -1.09. The van der Waals surface area contributed by atoms with Gasteiger partial charge in [0.15, 0.2) is 5.69 Å². The Morgan fingerprint density at radius 1 is 1.12 bits per heavy atom. The van der Waals surface area contributed by atoms with Gasteiger partial charge in [0.2, 0.25) is 0 Å². The quantitative estimate of drug-likeness (QED) is 0.817. The van der Waals surface area contributed by atoms with E-state index in [1.807, 2.05) is 6.92 Å². The van der Waals surface area contributed by atoms with Crippen molar-refractivity contribution in [1.82, 2.24) is 14.7 Å². The number of aryl methyl sites for hydroxylation is 1. The Morgan fingerprint density at radius 2 is 1.75 bits per heavy atom. The van der Waals surface area contributed by atoms with E-state index in [-0.39, 0.29) is 24.1 Å². The summed E-state index contributed by atoms with van der Waals surface area (Å²) in [4.78, 5) is 37.0. The molecule has 0 aliphatic carbocycles. The van der Waals surface area contributed by atoms with E-state index in [0.717, 1.165) is 6.42 Å². The molecule has 24 heavy (non-hydrogen) atoms. The van der Waals surface area contributed by atoms with Gasteiger partial charge in [-0.25, -0.2) is 4.79 Å². The van der Waals surface area contributed by atoms with Gasteiger partial charge < -0.3 is 5.11 Å². The number of hydrogen-bond acceptors (Lipinski definition) is 4. The van der Waals surface area contributed by atoms with Gasteiger partial charge in [-0.05, 0) is 24.6 Å². The van der Waals surface area contributed by atoms with Crippen LogP contribution in [0, 0.1) is 0 Å². The number of benzene rings is 1. The van der Waals surface area contributed by atoms with Crippen molar-refractivity contribution in [3.8, 4) is 0 Å². The van der Waals surface area contributed by atoms with Crippen molar-refractivity contribution < 1.29 is 19.5 Å². The van der Waals surface area contributed by atoms with Gasteiger partial charge in [0, 0.05) is 25.2 Å². The Morgan fingerprint density at radius 3 is 2.29 bits per heavy atom. The summed E-state index contributed by atoms with van der Waals surface area (Å²) in [6.07, 6.45) is 1.17. The average molecular weight is 327 g/mol. The second kappa shape index (κ2) is 6.27. The van der Waals surface area contributed by atoms with Crippen LogP contribution in [-0.4, -0.2) is 44.1 Å². The first-order chi connectivity index (χ1) is 11.5. The van der Waals surface area contributed by atoms with Crippen molar-refractivity contribution in [3.63, 3.8) is 0 Å². The number of hydrogen-bond donors (Lipinski definition) is 1. The summed E-state index contributed by atoms with van der Waals surface area (Å²) in [7, 11) is 0. The summed E-state index contributed by atoms with van der Waals surface area (Å²) in [5.41, 5.74) is 1.50. The minimum Gasteiger partial charge on any atom is -0.476 e. The molecule has 0 atom stereocenters. The van der Waals surface area contributed by atoms with Crippen LogP contribution in [-0.2, 0) is 13.0 Å². The number of rotatable bonds is 6. The maximum atomic E-state index is 12.3. The Hall–Kier alpha value is -2.96. The molecule has 124 valence electrons. The van der Waals surface area contributed by atoms with Gasteiger partial charge in [-0.2, -0.15) is 5.10 Å². The molecule has 1 aromatic carbocycles. The Balaban J connectivity index is 1.78. The molecule has 2 amide bonds. The molecule has 1 aromatic heterocycles. The standard InChI is InChI=1S/C17H17N3O4/c1-2-8-20-11(10-14(18-20)17(23)24)7-9-19-15(21)12-5-3-4-6-13(12)16(19)22/h3-6,10H,2,7-9H2,1H3,(H,23,24). The third-order valence-corrected chi connectivity index (χ3v) is 3.99. The highest BCUT2D eigenvalue weighted by atomic mass is 16.4. The fourth-order valence-electron chi connectivity index (χ4n) is 2.84. The lowest BCUT2D eigenvalue weighted by Crippen LogP contribution is -2.32. The number of imide groups is 1. The molecule has 1 aliphatic rings. The van der Waals surface area contributed by atoms with Crippen molar-refractivity contribution in [2.45, 2.75) is 26.3 Å². The van der Waals surface area contributed by atoms with Gasteiger partial charge in [-0.15, -0.1) is 0 Å². The molecule has 0 unspecified atom stereocenters. The number of nitrogens with zero attached hydrogens (tertiary/aromatic N) is 3. The lowest BCUT2D eigenvalue weighted by Gasteiger charge is -2.14. The van der Waals surface area contributed by atoms with E-state index in [4.69, 9.17) is 5.11 Å². The second-order valence-corrected chi connectivity index (χ2v) is 5.61. The van der Waals surface area contributed by atoms with Gasteiger partial charge in [0.1, 0.15) is 0 Å². The highest BCUT2D eigenvalue weighted by Gasteiger charge is 2.34. The van der Waals surface area contributed by atoms with E-state index in [0.29, 0.717) is 29.8 Å². The molecule has 1 N–H and O–H groups in total. The molecule has 0 radical (unpaired) electrons. The number of carbonyl (C=O) groups is 3. The summed E-state index contributed by atoms with van der Waals surface area (Å²) in [5, 5.41) is 13.1. The maximum Gasteiger partial charge on any atom is 0.356 e. The van der Waals surface area contributed by atoms with E-state index >= 15 is 0 Å². The largest absolute Gasteiger partial charge is 0.476 e. The van der Waals surface area contributed by atoms with Crippen LogP contribution in [0.25, 0.3) is 0 Å². The molecule has 7 nitrogen and oxygen atoms in total. The Kier molecular flexibility index (Phi) is 4.16. The van der Waals surface area contributed by atoms with Crippen molar-refractivity contribution in [3.05, 3.63) is 52.8 Å². The Bertz CT molecular complexity index is 790. The summed E-state index contributed by atoms with van der Waals surface area (Å²) in [6.45, 7) is 2.75. The van der Waals surface area contributed by atoms with Gasteiger partial charge in [0.05, 0.1) is 11.1 Å². The minimum absolute atomic E-state index is 0.0270. The molecular weight excluding hydrogens is 310 g/mol. The highest BCUT2D eigenvalue weighted by molar-refractivity contribution is 6.21. The van der Waals surface area contributed by atoms with E-state index < -0.39 is 5.97 Å². The predicted octanol–water partition coefficient (Wildman–Crippen LogP) is 1.83. The number of amides is 2. The van der Waals surface area contributed by atoms with Crippen LogP contribution >= 0.6 is 0 Å². The first-order valence-corrected chi connectivity index (χ1v) is 7.78. The molecule has 2 aromatic rings. The molecule has 3 rings (SSSR count). The number of carboxylic acids is 1. The lowest BCUT2D eigenvalue weighted by atomic mass is 10.1. The van der Waals surface area contributed by atoms with Gasteiger partial charge in [0.25, 0.3) is 11.8 Å². The van der Waals surface area contributed by atoms with Crippen molar-refractivity contribution in [2.24, 2.45) is 0 Å². The Labute approximate surface area is 138 Å². The van der Waals surface area contributed by atoms with Crippen molar-refractivity contribution >= 4 is 17.8 Å². The molecule has 0 spiro atoms.